The van der Waals surface area contributed by atoms with E-state index in [4.69, 9.17) is 27.6 Å². The lowest BCUT2D eigenvalue weighted by atomic mass is 10.0. The van der Waals surface area contributed by atoms with Crippen molar-refractivity contribution in [2.24, 2.45) is 0 Å². The molecule has 4 rings (SSSR count). The minimum atomic E-state index is -0.445. The normalized spacial score (nSPS) is 10.8. The maximum atomic E-state index is 13.2. The van der Waals surface area contributed by atoms with E-state index in [1.165, 1.54) is 12.3 Å². The first-order chi connectivity index (χ1) is 13.5. The Labute approximate surface area is 169 Å². The Morgan fingerprint density at radius 1 is 1.00 bits per heavy atom. The van der Waals surface area contributed by atoms with Crippen molar-refractivity contribution < 1.29 is 9.21 Å². The summed E-state index contributed by atoms with van der Waals surface area (Å²) in [5.41, 5.74) is 1.11. The van der Waals surface area contributed by atoms with Crippen LogP contribution in [0.2, 0.25) is 10.0 Å². The summed E-state index contributed by atoms with van der Waals surface area (Å²) in [4.78, 5) is 29.7. The largest absolute Gasteiger partial charge is 0.439 e. The molecule has 1 amide bonds. The molecule has 0 aliphatic heterocycles. The van der Waals surface area contributed by atoms with E-state index in [1.807, 2.05) is 0 Å². The van der Waals surface area contributed by atoms with E-state index < -0.39 is 5.91 Å². The second-order valence-electron chi connectivity index (χ2n) is 5.98. The molecular formula is C21H12Cl2N2O3. The van der Waals surface area contributed by atoms with E-state index in [0.717, 1.165) is 0 Å². The molecule has 0 aliphatic carbocycles. The van der Waals surface area contributed by atoms with Crippen molar-refractivity contribution in [1.29, 1.82) is 0 Å². The number of anilines is 1. The summed E-state index contributed by atoms with van der Waals surface area (Å²) >= 11 is 12.0. The Bertz CT molecular complexity index is 1240. The Kier molecular flexibility index (Phi) is 4.86. The topological polar surface area (TPSA) is 72.2 Å². The molecule has 138 valence electrons. The summed E-state index contributed by atoms with van der Waals surface area (Å²) in [6.45, 7) is 0. The highest BCUT2D eigenvalue weighted by atomic mass is 35.5. The molecule has 28 heavy (non-hydrogen) atoms. The van der Waals surface area contributed by atoms with Gasteiger partial charge in [-0.1, -0.05) is 35.3 Å². The van der Waals surface area contributed by atoms with Crippen LogP contribution in [0.4, 0.5) is 5.88 Å². The lowest BCUT2D eigenvalue weighted by molar-refractivity contribution is 0.102. The first-order valence-corrected chi connectivity index (χ1v) is 9.02. The summed E-state index contributed by atoms with van der Waals surface area (Å²) < 4.78 is 5.86. The third kappa shape index (κ3) is 3.50. The predicted octanol–water partition coefficient (Wildman–Crippen LogP) is 5.41. The van der Waals surface area contributed by atoms with Crippen molar-refractivity contribution in [2.75, 3.05) is 5.32 Å². The number of carbonyl (C=O) groups excluding carboxylic acids is 1. The van der Waals surface area contributed by atoms with E-state index in [-0.39, 0.29) is 16.9 Å². The summed E-state index contributed by atoms with van der Waals surface area (Å²) in [5.74, 6) is -0.407. The van der Waals surface area contributed by atoms with E-state index in [0.29, 0.717) is 32.1 Å². The number of nitrogens with one attached hydrogen (secondary N) is 1. The number of carbonyl (C=O) groups is 1. The van der Waals surface area contributed by atoms with Crippen molar-refractivity contribution in [3.63, 3.8) is 0 Å². The number of pyridine rings is 1. The SMILES string of the molecule is O=C(Nc1oc2ccc(Cl)cc2c(=O)c1-c1ccc(Cl)cc1)c1cccnc1. The molecule has 4 aromatic rings. The standard InChI is InChI=1S/C21H12Cl2N2O3/c22-14-5-3-12(4-6-14)18-19(26)16-10-15(23)7-8-17(16)28-21(18)25-20(27)13-2-1-9-24-11-13/h1-11H,(H,25,27). The first kappa shape index (κ1) is 18.2. The fourth-order valence-corrected chi connectivity index (χ4v) is 3.10. The highest BCUT2D eigenvalue weighted by Gasteiger charge is 2.19. The number of hydrogen-bond donors (Lipinski definition) is 1. The van der Waals surface area contributed by atoms with E-state index >= 15 is 0 Å². The van der Waals surface area contributed by atoms with Gasteiger partial charge in [0.1, 0.15) is 5.58 Å². The summed E-state index contributed by atoms with van der Waals surface area (Å²) in [7, 11) is 0. The van der Waals surface area contributed by atoms with Gasteiger partial charge in [0, 0.05) is 22.4 Å². The van der Waals surface area contributed by atoms with Gasteiger partial charge in [-0.15, -0.1) is 0 Å². The molecule has 0 unspecified atom stereocenters. The summed E-state index contributed by atoms with van der Waals surface area (Å²) in [5, 5.41) is 3.93. The minimum Gasteiger partial charge on any atom is -0.439 e. The smallest absolute Gasteiger partial charge is 0.259 e. The van der Waals surface area contributed by atoms with Crippen LogP contribution in [0.25, 0.3) is 22.1 Å². The van der Waals surface area contributed by atoms with Gasteiger partial charge in [0.05, 0.1) is 16.5 Å². The molecule has 0 aliphatic rings. The number of hydrogen-bond acceptors (Lipinski definition) is 4. The van der Waals surface area contributed by atoms with Crippen LogP contribution in [0.15, 0.2) is 76.2 Å². The lowest BCUT2D eigenvalue weighted by Gasteiger charge is -2.11. The number of benzene rings is 2. The first-order valence-electron chi connectivity index (χ1n) is 8.26. The van der Waals surface area contributed by atoms with Crippen LogP contribution in [0.3, 0.4) is 0 Å². The van der Waals surface area contributed by atoms with Gasteiger partial charge in [-0.3, -0.25) is 19.9 Å². The fraction of sp³-hybridized carbons (Fsp3) is 0. The quantitative estimate of drug-likeness (QED) is 0.489. The second-order valence-corrected chi connectivity index (χ2v) is 6.85. The van der Waals surface area contributed by atoms with Crippen LogP contribution >= 0.6 is 23.2 Å². The summed E-state index contributed by atoms with van der Waals surface area (Å²) in [6, 6.07) is 14.7. The molecule has 0 saturated carbocycles. The van der Waals surface area contributed by atoms with Crippen LogP contribution in [0.5, 0.6) is 0 Å². The molecule has 0 bridgehead atoms. The Hall–Kier alpha value is -3.15. The zero-order chi connectivity index (χ0) is 19.7. The highest BCUT2D eigenvalue weighted by molar-refractivity contribution is 6.31. The zero-order valence-electron chi connectivity index (χ0n) is 14.3. The molecule has 7 heteroatoms. The van der Waals surface area contributed by atoms with Gasteiger partial charge in [0.25, 0.3) is 5.91 Å². The maximum absolute atomic E-state index is 13.2. The highest BCUT2D eigenvalue weighted by Crippen LogP contribution is 2.30. The zero-order valence-corrected chi connectivity index (χ0v) is 15.8. The average Bonchev–Trinajstić information content (AvgIpc) is 2.70. The fourth-order valence-electron chi connectivity index (χ4n) is 2.81. The Morgan fingerprint density at radius 3 is 2.46 bits per heavy atom. The molecule has 0 radical (unpaired) electrons. The third-order valence-electron chi connectivity index (χ3n) is 4.14. The van der Waals surface area contributed by atoms with Gasteiger partial charge in [-0.2, -0.15) is 0 Å². The molecule has 1 N–H and O–H groups in total. The molecule has 0 fully saturated rings. The molecule has 0 spiro atoms. The van der Waals surface area contributed by atoms with Crippen LogP contribution < -0.4 is 10.7 Å². The molecule has 2 heterocycles. The maximum Gasteiger partial charge on any atom is 0.259 e. The van der Waals surface area contributed by atoms with Crippen LogP contribution in [-0.4, -0.2) is 10.9 Å². The molecule has 5 nitrogen and oxygen atoms in total. The number of aromatic nitrogens is 1. The second kappa shape index (κ2) is 7.46. The van der Waals surface area contributed by atoms with Gasteiger partial charge >= 0.3 is 0 Å². The van der Waals surface area contributed by atoms with Crippen molar-refractivity contribution in [3.8, 4) is 11.1 Å². The molecule has 2 aromatic heterocycles. The lowest BCUT2D eigenvalue weighted by Crippen LogP contribution is -2.16. The number of rotatable bonds is 3. The van der Waals surface area contributed by atoms with E-state index in [2.05, 4.69) is 10.3 Å². The number of nitrogens with zero attached hydrogens (tertiary/aromatic N) is 1. The van der Waals surface area contributed by atoms with Crippen LogP contribution in [-0.2, 0) is 0 Å². The molecule has 0 atom stereocenters. The molecule has 2 aromatic carbocycles. The van der Waals surface area contributed by atoms with Gasteiger partial charge in [-0.05, 0) is 48.0 Å². The Morgan fingerprint density at radius 2 is 1.75 bits per heavy atom. The van der Waals surface area contributed by atoms with Gasteiger partial charge < -0.3 is 4.42 Å². The predicted molar refractivity (Wildman–Crippen MR) is 110 cm³/mol. The van der Waals surface area contributed by atoms with Gasteiger partial charge in [0.2, 0.25) is 11.3 Å². The van der Waals surface area contributed by atoms with Gasteiger partial charge in [-0.25, -0.2) is 0 Å². The van der Waals surface area contributed by atoms with Crippen molar-refractivity contribution in [1.82, 2.24) is 4.98 Å². The van der Waals surface area contributed by atoms with E-state index in [1.54, 1.807) is 54.7 Å². The van der Waals surface area contributed by atoms with Crippen molar-refractivity contribution in [3.05, 3.63) is 92.8 Å². The Balaban J connectivity index is 1.92. The van der Waals surface area contributed by atoms with Gasteiger partial charge in [0.15, 0.2) is 0 Å². The average molecular weight is 411 g/mol. The monoisotopic (exact) mass is 410 g/mol. The van der Waals surface area contributed by atoms with Crippen molar-refractivity contribution in [2.45, 2.75) is 0 Å². The number of halogens is 2. The van der Waals surface area contributed by atoms with Crippen LogP contribution in [0.1, 0.15) is 10.4 Å². The summed E-state index contributed by atoms with van der Waals surface area (Å²) in [6.07, 6.45) is 2.99. The van der Waals surface area contributed by atoms with E-state index in [9.17, 15) is 9.59 Å². The van der Waals surface area contributed by atoms with Crippen LogP contribution in [0, 0.1) is 0 Å². The molecular weight excluding hydrogens is 399 g/mol. The number of fused-ring (bicyclic) bond motifs is 1. The van der Waals surface area contributed by atoms with Crippen molar-refractivity contribution >= 4 is 46.0 Å². The third-order valence-corrected chi connectivity index (χ3v) is 4.62. The molecule has 0 saturated heterocycles. The number of amides is 1. The minimum absolute atomic E-state index is 0.0380.